The molecule has 0 radical (unpaired) electrons. The van der Waals surface area contributed by atoms with Gasteiger partial charge in [0.05, 0.1) is 5.69 Å². The largest absolute Gasteiger partial charge is 0.437 e. The molecule has 0 aliphatic carbocycles. The monoisotopic (exact) mass is 200 g/mol. The molecule has 1 rings (SSSR count). The summed E-state index contributed by atoms with van der Waals surface area (Å²) in [5, 5.41) is 0.789. The molecule has 3 nitrogen and oxygen atoms in total. The number of oxazole rings is 1. The van der Waals surface area contributed by atoms with Crippen molar-refractivity contribution in [2.45, 2.75) is 19.1 Å². The Kier molecular flexibility index (Phi) is 3.81. The first-order valence-electron chi connectivity index (χ1n) is 4.31. The van der Waals surface area contributed by atoms with Crippen molar-refractivity contribution in [1.29, 1.82) is 0 Å². The van der Waals surface area contributed by atoms with Crippen LogP contribution in [0.5, 0.6) is 0 Å². The molecule has 0 saturated heterocycles. The highest BCUT2D eigenvalue weighted by atomic mass is 32.2. The first-order valence-corrected chi connectivity index (χ1v) is 5.29. The molecular formula is C9H16N2OS. The van der Waals surface area contributed by atoms with Gasteiger partial charge in [0.1, 0.15) is 5.76 Å². The Labute approximate surface area is 83.5 Å². The fraction of sp³-hybridized carbons (Fsp3) is 0.667. The standard InChI is InChI=1S/C9H16N2OS/c1-7-8(2)12-9(10-7)13-6-5-11(3)4/h5-6H2,1-4H3. The molecule has 0 fully saturated rings. The van der Waals surface area contributed by atoms with E-state index < -0.39 is 0 Å². The van der Waals surface area contributed by atoms with Crippen molar-refractivity contribution < 1.29 is 4.42 Å². The minimum atomic E-state index is 0.789. The van der Waals surface area contributed by atoms with Gasteiger partial charge < -0.3 is 9.32 Å². The van der Waals surface area contributed by atoms with E-state index in [1.807, 2.05) is 13.8 Å². The predicted octanol–water partition coefficient (Wildman–Crippen LogP) is 1.95. The fourth-order valence-electron chi connectivity index (χ4n) is 0.821. The van der Waals surface area contributed by atoms with E-state index in [0.29, 0.717) is 0 Å². The molecule has 1 aromatic heterocycles. The normalized spacial score (nSPS) is 11.2. The molecule has 0 unspecified atom stereocenters. The maximum atomic E-state index is 5.43. The maximum Gasteiger partial charge on any atom is 0.256 e. The molecule has 74 valence electrons. The topological polar surface area (TPSA) is 29.3 Å². The second-order valence-electron chi connectivity index (χ2n) is 3.27. The third kappa shape index (κ3) is 3.40. The van der Waals surface area contributed by atoms with Gasteiger partial charge >= 0.3 is 0 Å². The number of rotatable bonds is 4. The van der Waals surface area contributed by atoms with Gasteiger partial charge in [0.2, 0.25) is 0 Å². The van der Waals surface area contributed by atoms with Gasteiger partial charge in [-0.1, -0.05) is 11.8 Å². The van der Waals surface area contributed by atoms with Crippen molar-refractivity contribution in [2.75, 3.05) is 26.4 Å². The van der Waals surface area contributed by atoms with Crippen LogP contribution in [0.25, 0.3) is 0 Å². The molecule has 0 saturated carbocycles. The van der Waals surface area contributed by atoms with Crippen molar-refractivity contribution in [3.63, 3.8) is 0 Å². The van der Waals surface area contributed by atoms with E-state index in [1.54, 1.807) is 11.8 Å². The summed E-state index contributed by atoms with van der Waals surface area (Å²) in [4.78, 5) is 6.43. The smallest absolute Gasteiger partial charge is 0.256 e. The number of nitrogens with zero attached hydrogens (tertiary/aromatic N) is 2. The number of aromatic nitrogens is 1. The van der Waals surface area contributed by atoms with Crippen LogP contribution in [-0.2, 0) is 0 Å². The van der Waals surface area contributed by atoms with Crippen LogP contribution >= 0.6 is 11.8 Å². The zero-order valence-electron chi connectivity index (χ0n) is 8.63. The lowest BCUT2D eigenvalue weighted by molar-refractivity contribution is 0.424. The molecular weight excluding hydrogens is 184 g/mol. The zero-order valence-corrected chi connectivity index (χ0v) is 9.44. The molecule has 0 amide bonds. The van der Waals surface area contributed by atoms with Crippen LogP contribution in [0.3, 0.4) is 0 Å². The van der Waals surface area contributed by atoms with Gasteiger partial charge in [-0.3, -0.25) is 0 Å². The SMILES string of the molecule is Cc1nc(SCCN(C)C)oc1C. The minimum Gasteiger partial charge on any atom is -0.437 e. The van der Waals surface area contributed by atoms with Crippen molar-refractivity contribution in [3.05, 3.63) is 11.5 Å². The van der Waals surface area contributed by atoms with E-state index in [1.165, 1.54) is 0 Å². The Bertz CT molecular complexity index is 251. The first kappa shape index (κ1) is 10.6. The molecule has 1 aromatic rings. The van der Waals surface area contributed by atoms with E-state index in [4.69, 9.17) is 4.42 Å². The van der Waals surface area contributed by atoms with Gasteiger partial charge in [0.15, 0.2) is 0 Å². The zero-order chi connectivity index (χ0) is 9.84. The molecule has 0 aromatic carbocycles. The lowest BCUT2D eigenvalue weighted by atomic mass is 10.4. The van der Waals surface area contributed by atoms with Crippen LogP contribution in [0.1, 0.15) is 11.5 Å². The molecule has 0 atom stereocenters. The summed E-state index contributed by atoms with van der Waals surface area (Å²) < 4.78 is 5.43. The molecule has 1 heterocycles. The van der Waals surface area contributed by atoms with E-state index in [-0.39, 0.29) is 0 Å². The van der Waals surface area contributed by atoms with E-state index in [0.717, 1.165) is 29.0 Å². The summed E-state index contributed by atoms with van der Waals surface area (Å²) in [6.07, 6.45) is 0. The highest BCUT2D eigenvalue weighted by molar-refractivity contribution is 7.99. The average molecular weight is 200 g/mol. The predicted molar refractivity (Wildman–Crippen MR) is 55.3 cm³/mol. The average Bonchev–Trinajstić information content (AvgIpc) is 2.30. The summed E-state index contributed by atoms with van der Waals surface area (Å²) in [6.45, 7) is 4.96. The van der Waals surface area contributed by atoms with Crippen molar-refractivity contribution in [3.8, 4) is 0 Å². The summed E-state index contributed by atoms with van der Waals surface area (Å²) in [5.74, 6) is 1.94. The summed E-state index contributed by atoms with van der Waals surface area (Å²) in [7, 11) is 4.12. The van der Waals surface area contributed by atoms with E-state index >= 15 is 0 Å². The highest BCUT2D eigenvalue weighted by Gasteiger charge is 2.05. The quantitative estimate of drug-likeness (QED) is 0.695. The van der Waals surface area contributed by atoms with Crippen LogP contribution < -0.4 is 0 Å². The van der Waals surface area contributed by atoms with Gasteiger partial charge in [-0.2, -0.15) is 0 Å². The molecule has 4 heteroatoms. The van der Waals surface area contributed by atoms with Gasteiger partial charge in [-0.25, -0.2) is 4.98 Å². The van der Waals surface area contributed by atoms with Crippen LogP contribution in [0.15, 0.2) is 9.64 Å². The second kappa shape index (κ2) is 4.67. The van der Waals surface area contributed by atoms with E-state index in [9.17, 15) is 0 Å². The van der Waals surface area contributed by atoms with Crippen molar-refractivity contribution in [1.82, 2.24) is 9.88 Å². The van der Waals surface area contributed by atoms with Crippen LogP contribution in [-0.4, -0.2) is 36.3 Å². The third-order valence-electron chi connectivity index (χ3n) is 1.77. The summed E-state index contributed by atoms with van der Waals surface area (Å²) >= 11 is 1.66. The molecule has 0 aliphatic rings. The summed E-state index contributed by atoms with van der Waals surface area (Å²) in [5.41, 5.74) is 0.993. The lowest BCUT2D eigenvalue weighted by Gasteiger charge is -2.06. The van der Waals surface area contributed by atoms with Crippen molar-refractivity contribution in [2.24, 2.45) is 0 Å². The Balaban J connectivity index is 2.37. The van der Waals surface area contributed by atoms with Gasteiger partial charge in [0, 0.05) is 12.3 Å². The Morgan fingerprint density at radius 2 is 2.08 bits per heavy atom. The minimum absolute atomic E-state index is 0.789. The number of aryl methyl sites for hydroxylation is 2. The highest BCUT2D eigenvalue weighted by Crippen LogP contribution is 2.19. The number of hydrogen-bond donors (Lipinski definition) is 0. The fourth-order valence-corrected chi connectivity index (χ4v) is 1.84. The second-order valence-corrected chi connectivity index (χ2v) is 4.32. The number of thioether (sulfide) groups is 1. The lowest BCUT2D eigenvalue weighted by Crippen LogP contribution is -2.14. The molecule has 0 spiro atoms. The van der Waals surface area contributed by atoms with Gasteiger partial charge in [0.25, 0.3) is 5.22 Å². The van der Waals surface area contributed by atoms with E-state index in [2.05, 4.69) is 24.0 Å². The molecule has 0 N–H and O–H groups in total. The maximum absolute atomic E-state index is 5.43. The molecule has 0 bridgehead atoms. The van der Waals surface area contributed by atoms with Crippen LogP contribution in [0.2, 0.25) is 0 Å². The first-order chi connectivity index (χ1) is 6.09. The third-order valence-corrected chi connectivity index (χ3v) is 2.58. The number of hydrogen-bond acceptors (Lipinski definition) is 4. The van der Waals surface area contributed by atoms with Crippen LogP contribution in [0.4, 0.5) is 0 Å². The van der Waals surface area contributed by atoms with Gasteiger partial charge in [-0.15, -0.1) is 0 Å². The molecule has 13 heavy (non-hydrogen) atoms. The van der Waals surface area contributed by atoms with Crippen LogP contribution in [0, 0.1) is 13.8 Å². The van der Waals surface area contributed by atoms with Gasteiger partial charge in [-0.05, 0) is 27.9 Å². The molecule has 0 aliphatic heterocycles. The van der Waals surface area contributed by atoms with Crippen molar-refractivity contribution >= 4 is 11.8 Å². The Hall–Kier alpha value is -0.480. The Morgan fingerprint density at radius 3 is 2.54 bits per heavy atom. The summed E-state index contributed by atoms with van der Waals surface area (Å²) in [6, 6.07) is 0. The Morgan fingerprint density at radius 1 is 1.38 bits per heavy atom.